The van der Waals surface area contributed by atoms with Crippen molar-refractivity contribution in [3.05, 3.63) is 0 Å². The van der Waals surface area contributed by atoms with Crippen molar-refractivity contribution in [1.82, 2.24) is 9.80 Å². The van der Waals surface area contributed by atoms with Crippen LogP contribution in [0.25, 0.3) is 0 Å². The molecule has 0 aromatic rings. The third kappa shape index (κ3) is 3.87. The van der Waals surface area contributed by atoms with Crippen molar-refractivity contribution >= 4 is 12.0 Å². The minimum Gasteiger partial charge on any atom is -0.480 e. The second-order valence-electron chi connectivity index (χ2n) is 6.44. The summed E-state index contributed by atoms with van der Waals surface area (Å²) in [4.78, 5) is 26.8. The van der Waals surface area contributed by atoms with Gasteiger partial charge in [0, 0.05) is 19.6 Å². The molecule has 0 bridgehead atoms. The van der Waals surface area contributed by atoms with E-state index in [1.165, 1.54) is 11.3 Å². The largest absolute Gasteiger partial charge is 0.480 e. The Hall–Kier alpha value is -1.26. The van der Waals surface area contributed by atoms with Gasteiger partial charge in [-0.15, -0.1) is 0 Å². The van der Waals surface area contributed by atoms with Gasteiger partial charge in [-0.3, -0.25) is 4.79 Å². The van der Waals surface area contributed by atoms with Crippen LogP contribution in [0.5, 0.6) is 0 Å². The summed E-state index contributed by atoms with van der Waals surface area (Å²) in [5.41, 5.74) is 0. The number of carboxylic acid groups (broad SMARTS) is 1. The smallest absolute Gasteiger partial charge is 0.323 e. The molecule has 0 aromatic carbocycles. The standard InChI is InChI=1S/C15H26N2O3/c1-11-5-3-4-6-13(11)16(2)15(20)17(10-14(18)19)9-12-7-8-12/h11-13H,3-10H2,1-2H3,(H,18,19). The molecule has 114 valence electrons. The monoisotopic (exact) mass is 282 g/mol. The Bertz CT molecular complexity index is 368. The Kier molecular flexibility index (Phi) is 4.89. The molecule has 5 heteroatoms. The van der Waals surface area contributed by atoms with Gasteiger partial charge in [-0.25, -0.2) is 4.79 Å². The molecular formula is C15H26N2O3. The Morgan fingerprint density at radius 1 is 1.15 bits per heavy atom. The van der Waals surface area contributed by atoms with Gasteiger partial charge in [-0.05, 0) is 37.5 Å². The first kappa shape index (κ1) is 15.1. The number of carboxylic acids is 1. The summed E-state index contributed by atoms with van der Waals surface area (Å²) in [5, 5.41) is 9.00. The number of carbonyl (C=O) groups excluding carboxylic acids is 1. The Morgan fingerprint density at radius 3 is 2.35 bits per heavy atom. The molecule has 2 saturated carbocycles. The van der Waals surface area contributed by atoms with Gasteiger partial charge in [0.25, 0.3) is 0 Å². The summed E-state index contributed by atoms with van der Waals surface area (Å²) < 4.78 is 0. The molecule has 0 spiro atoms. The molecule has 0 aliphatic heterocycles. The lowest BCUT2D eigenvalue weighted by atomic mass is 9.85. The van der Waals surface area contributed by atoms with Crippen molar-refractivity contribution in [3.63, 3.8) is 0 Å². The van der Waals surface area contributed by atoms with E-state index < -0.39 is 5.97 Å². The average molecular weight is 282 g/mol. The van der Waals surface area contributed by atoms with E-state index in [1.54, 1.807) is 4.90 Å². The molecule has 0 aromatic heterocycles. The summed E-state index contributed by atoms with van der Waals surface area (Å²) in [6.07, 6.45) is 6.83. The van der Waals surface area contributed by atoms with Crippen LogP contribution in [-0.4, -0.2) is 53.1 Å². The predicted molar refractivity (Wildman–Crippen MR) is 76.5 cm³/mol. The molecule has 2 atom stereocenters. The quantitative estimate of drug-likeness (QED) is 0.842. The average Bonchev–Trinajstić information content (AvgIpc) is 3.20. The minimum atomic E-state index is -0.927. The summed E-state index contributed by atoms with van der Waals surface area (Å²) >= 11 is 0. The zero-order valence-corrected chi connectivity index (χ0v) is 12.5. The highest BCUT2D eigenvalue weighted by molar-refractivity contribution is 5.80. The fraction of sp³-hybridized carbons (Fsp3) is 0.867. The lowest BCUT2D eigenvalue weighted by Gasteiger charge is -2.38. The SMILES string of the molecule is CC1CCCCC1N(C)C(=O)N(CC(=O)O)CC1CC1. The Labute approximate surface area is 120 Å². The van der Waals surface area contributed by atoms with Gasteiger partial charge in [-0.2, -0.15) is 0 Å². The molecule has 2 amide bonds. The maximum atomic E-state index is 12.6. The number of aliphatic carboxylic acids is 1. The van der Waals surface area contributed by atoms with Crippen molar-refractivity contribution in [2.75, 3.05) is 20.1 Å². The predicted octanol–water partition coefficient (Wildman–Crippen LogP) is 2.41. The van der Waals surface area contributed by atoms with Crippen LogP contribution in [0.15, 0.2) is 0 Å². The Balaban J connectivity index is 1.98. The van der Waals surface area contributed by atoms with Crippen LogP contribution in [0.1, 0.15) is 45.4 Å². The Morgan fingerprint density at radius 2 is 1.80 bits per heavy atom. The van der Waals surface area contributed by atoms with E-state index in [0.29, 0.717) is 18.4 Å². The number of rotatable bonds is 5. The summed E-state index contributed by atoms with van der Waals surface area (Å²) in [5.74, 6) is 0.0878. The molecule has 2 fully saturated rings. The van der Waals surface area contributed by atoms with Crippen LogP contribution in [-0.2, 0) is 4.79 Å². The summed E-state index contributed by atoms with van der Waals surface area (Å²) in [7, 11) is 1.83. The highest BCUT2D eigenvalue weighted by atomic mass is 16.4. The van der Waals surface area contributed by atoms with Crippen molar-refractivity contribution in [2.45, 2.75) is 51.5 Å². The molecule has 0 radical (unpaired) electrons. The zero-order valence-electron chi connectivity index (χ0n) is 12.5. The molecule has 2 unspecified atom stereocenters. The maximum Gasteiger partial charge on any atom is 0.323 e. The third-order valence-corrected chi connectivity index (χ3v) is 4.64. The van der Waals surface area contributed by atoms with Gasteiger partial charge in [0.1, 0.15) is 6.54 Å². The molecule has 20 heavy (non-hydrogen) atoms. The molecule has 5 nitrogen and oxygen atoms in total. The van der Waals surface area contributed by atoms with E-state index in [2.05, 4.69) is 6.92 Å². The van der Waals surface area contributed by atoms with Crippen LogP contribution in [0.3, 0.4) is 0 Å². The first-order valence-corrected chi connectivity index (χ1v) is 7.72. The lowest BCUT2D eigenvalue weighted by molar-refractivity contribution is -0.137. The summed E-state index contributed by atoms with van der Waals surface area (Å²) in [6, 6.07) is 0.143. The van der Waals surface area contributed by atoms with Crippen LogP contribution in [0, 0.1) is 11.8 Å². The first-order valence-electron chi connectivity index (χ1n) is 7.72. The van der Waals surface area contributed by atoms with Crippen molar-refractivity contribution in [2.24, 2.45) is 11.8 Å². The topological polar surface area (TPSA) is 60.9 Å². The number of urea groups is 1. The second kappa shape index (κ2) is 6.46. The molecule has 0 saturated heterocycles. The molecular weight excluding hydrogens is 256 g/mol. The molecule has 2 aliphatic carbocycles. The molecule has 2 rings (SSSR count). The number of hydrogen-bond donors (Lipinski definition) is 1. The highest BCUT2D eigenvalue weighted by Gasteiger charge is 2.33. The number of hydrogen-bond acceptors (Lipinski definition) is 2. The van der Waals surface area contributed by atoms with E-state index in [-0.39, 0.29) is 18.6 Å². The molecule has 2 aliphatic rings. The van der Waals surface area contributed by atoms with E-state index in [1.807, 2.05) is 7.05 Å². The lowest BCUT2D eigenvalue weighted by Crippen LogP contribution is -2.50. The van der Waals surface area contributed by atoms with Crippen LogP contribution >= 0.6 is 0 Å². The normalized spacial score (nSPS) is 26.1. The maximum absolute atomic E-state index is 12.6. The van der Waals surface area contributed by atoms with Crippen LogP contribution in [0.2, 0.25) is 0 Å². The highest BCUT2D eigenvalue weighted by Crippen LogP contribution is 2.31. The van der Waals surface area contributed by atoms with Crippen molar-refractivity contribution < 1.29 is 14.7 Å². The first-order chi connectivity index (χ1) is 9.49. The van der Waals surface area contributed by atoms with Crippen LogP contribution < -0.4 is 0 Å². The van der Waals surface area contributed by atoms with Gasteiger partial charge in [0.05, 0.1) is 0 Å². The summed E-state index contributed by atoms with van der Waals surface area (Å²) in [6.45, 7) is 2.60. The van der Waals surface area contributed by atoms with Crippen molar-refractivity contribution in [3.8, 4) is 0 Å². The van der Waals surface area contributed by atoms with E-state index in [0.717, 1.165) is 32.1 Å². The fourth-order valence-corrected chi connectivity index (χ4v) is 3.22. The zero-order chi connectivity index (χ0) is 14.7. The number of amides is 2. The van der Waals surface area contributed by atoms with Gasteiger partial charge in [-0.1, -0.05) is 19.8 Å². The van der Waals surface area contributed by atoms with E-state index in [4.69, 9.17) is 5.11 Å². The van der Waals surface area contributed by atoms with Gasteiger partial charge in [0.2, 0.25) is 0 Å². The van der Waals surface area contributed by atoms with Crippen molar-refractivity contribution in [1.29, 1.82) is 0 Å². The number of carbonyl (C=O) groups is 2. The van der Waals surface area contributed by atoms with Gasteiger partial charge in [0.15, 0.2) is 0 Å². The van der Waals surface area contributed by atoms with Gasteiger partial charge < -0.3 is 14.9 Å². The minimum absolute atomic E-state index is 0.113. The second-order valence-corrected chi connectivity index (χ2v) is 6.44. The van der Waals surface area contributed by atoms with Crippen LogP contribution in [0.4, 0.5) is 4.79 Å². The van der Waals surface area contributed by atoms with E-state index in [9.17, 15) is 9.59 Å². The van der Waals surface area contributed by atoms with E-state index >= 15 is 0 Å². The van der Waals surface area contributed by atoms with Gasteiger partial charge >= 0.3 is 12.0 Å². The third-order valence-electron chi connectivity index (χ3n) is 4.64. The number of nitrogens with zero attached hydrogens (tertiary/aromatic N) is 2. The molecule has 1 N–H and O–H groups in total. The molecule has 0 heterocycles. The fourth-order valence-electron chi connectivity index (χ4n) is 3.22.